The number of hydrogen-bond acceptors (Lipinski definition) is 3. The summed E-state index contributed by atoms with van der Waals surface area (Å²) in [5.41, 5.74) is 1.50. The van der Waals surface area contributed by atoms with Crippen molar-refractivity contribution in [1.82, 2.24) is 4.90 Å². The number of aliphatic hydroxyl groups excluding tert-OH is 2. The highest BCUT2D eigenvalue weighted by atomic mass is 16.3. The van der Waals surface area contributed by atoms with E-state index in [1.165, 1.54) is 31.3 Å². The van der Waals surface area contributed by atoms with Gasteiger partial charge < -0.3 is 15.1 Å². The van der Waals surface area contributed by atoms with Crippen LogP contribution in [-0.4, -0.2) is 47.3 Å². The first-order chi connectivity index (χ1) is 13.4. The molecule has 0 aromatic heterocycles. The second-order valence-corrected chi connectivity index (χ2v) is 9.57. The number of hydrogen-bond donors (Lipinski definition) is 2. The molecule has 0 bridgehead atoms. The van der Waals surface area contributed by atoms with Crippen LogP contribution in [0, 0.1) is 23.7 Å². The second kappa shape index (κ2) is 10.1. The number of fused-ring (bicyclic) bond motifs is 1. The van der Waals surface area contributed by atoms with Crippen LogP contribution in [0.2, 0.25) is 0 Å². The van der Waals surface area contributed by atoms with Crippen LogP contribution in [0.3, 0.4) is 0 Å². The standard InChI is InChI=1S/C24H39NO3/c1-25(2)24(28)10-6-5-9-18-13-19-16-23(27)21(22(19)15-18)12-11-20(26)14-17-7-3-4-8-17/h11-13,17,19-23,26-27H,3-10,14-16H2,1-2H3/t19-,20-,21+,22-,23+/m0/s1. The number of amides is 1. The van der Waals surface area contributed by atoms with Crippen molar-refractivity contribution < 1.29 is 15.0 Å². The van der Waals surface area contributed by atoms with E-state index in [4.69, 9.17) is 0 Å². The molecule has 0 radical (unpaired) electrons. The first-order valence-corrected chi connectivity index (χ1v) is 11.4. The summed E-state index contributed by atoms with van der Waals surface area (Å²) >= 11 is 0. The Kier molecular flexibility index (Phi) is 7.76. The largest absolute Gasteiger partial charge is 0.392 e. The van der Waals surface area contributed by atoms with Crippen molar-refractivity contribution in [1.29, 1.82) is 0 Å². The molecule has 1 amide bonds. The Bertz CT molecular complexity index is 576. The number of carbonyl (C=O) groups is 1. The highest BCUT2D eigenvalue weighted by Gasteiger charge is 2.43. The Morgan fingerprint density at radius 3 is 2.75 bits per heavy atom. The van der Waals surface area contributed by atoms with Crippen LogP contribution >= 0.6 is 0 Å². The predicted octanol–water partition coefficient (Wildman–Crippen LogP) is 4.08. The summed E-state index contributed by atoms with van der Waals surface area (Å²) in [7, 11) is 3.62. The molecule has 0 aromatic rings. The van der Waals surface area contributed by atoms with Gasteiger partial charge in [0, 0.05) is 26.4 Å². The lowest BCUT2D eigenvalue weighted by Gasteiger charge is -2.19. The van der Waals surface area contributed by atoms with E-state index in [9.17, 15) is 15.0 Å². The molecule has 4 heteroatoms. The van der Waals surface area contributed by atoms with Crippen molar-refractivity contribution in [2.24, 2.45) is 23.7 Å². The zero-order valence-corrected chi connectivity index (χ0v) is 17.7. The van der Waals surface area contributed by atoms with Gasteiger partial charge in [-0.2, -0.15) is 0 Å². The molecule has 0 saturated heterocycles. The third-order valence-corrected chi connectivity index (χ3v) is 7.19. The SMILES string of the molecule is CN(C)C(=O)CCCCC1=C[C@H]2C[C@@H](O)[C@H](C=C[C@H](O)CC3CCCC3)[C@H]2C1. The van der Waals surface area contributed by atoms with Crippen LogP contribution in [0.4, 0.5) is 0 Å². The highest BCUT2D eigenvalue weighted by Crippen LogP contribution is 2.48. The summed E-state index contributed by atoms with van der Waals surface area (Å²) < 4.78 is 0. The topological polar surface area (TPSA) is 60.8 Å². The Morgan fingerprint density at radius 1 is 1.29 bits per heavy atom. The Hall–Kier alpha value is -1.13. The summed E-state index contributed by atoms with van der Waals surface area (Å²) in [4.78, 5) is 13.3. The average molecular weight is 390 g/mol. The lowest BCUT2D eigenvalue weighted by molar-refractivity contribution is -0.128. The molecule has 0 aliphatic heterocycles. The third kappa shape index (κ3) is 5.70. The van der Waals surface area contributed by atoms with Crippen LogP contribution in [0.1, 0.15) is 70.6 Å². The van der Waals surface area contributed by atoms with Crippen LogP contribution in [0.25, 0.3) is 0 Å². The van der Waals surface area contributed by atoms with Gasteiger partial charge in [-0.1, -0.05) is 49.5 Å². The van der Waals surface area contributed by atoms with E-state index in [0.717, 1.165) is 38.5 Å². The van der Waals surface area contributed by atoms with Gasteiger partial charge in [0.15, 0.2) is 0 Å². The van der Waals surface area contributed by atoms with Crippen LogP contribution < -0.4 is 0 Å². The fraction of sp³-hybridized carbons (Fsp3) is 0.792. The minimum atomic E-state index is -0.364. The van der Waals surface area contributed by atoms with Gasteiger partial charge in [0.25, 0.3) is 0 Å². The monoisotopic (exact) mass is 389 g/mol. The van der Waals surface area contributed by atoms with Crippen LogP contribution in [-0.2, 0) is 4.79 Å². The van der Waals surface area contributed by atoms with E-state index >= 15 is 0 Å². The van der Waals surface area contributed by atoms with E-state index in [1.54, 1.807) is 4.90 Å². The van der Waals surface area contributed by atoms with Crippen molar-refractivity contribution in [3.63, 3.8) is 0 Å². The number of aliphatic hydroxyl groups is 2. The molecule has 0 aromatic carbocycles. The zero-order valence-electron chi connectivity index (χ0n) is 17.7. The summed E-state index contributed by atoms with van der Waals surface area (Å²) in [6.07, 6.45) is 17.5. The lowest BCUT2D eigenvalue weighted by atomic mass is 9.88. The molecule has 0 heterocycles. The molecule has 158 valence electrons. The quantitative estimate of drug-likeness (QED) is 0.461. The normalized spacial score (nSPS) is 31.4. The molecular formula is C24H39NO3. The van der Waals surface area contributed by atoms with Crippen LogP contribution in [0.15, 0.2) is 23.8 Å². The minimum Gasteiger partial charge on any atom is -0.392 e. The lowest BCUT2D eigenvalue weighted by Crippen LogP contribution is -2.21. The number of nitrogens with zero attached hydrogens (tertiary/aromatic N) is 1. The van der Waals surface area contributed by atoms with Gasteiger partial charge in [-0.25, -0.2) is 0 Å². The van der Waals surface area contributed by atoms with Gasteiger partial charge in [-0.3, -0.25) is 4.79 Å². The fourth-order valence-corrected chi connectivity index (χ4v) is 5.57. The summed E-state index contributed by atoms with van der Waals surface area (Å²) in [5, 5.41) is 20.9. The van der Waals surface area contributed by atoms with Gasteiger partial charge >= 0.3 is 0 Å². The minimum absolute atomic E-state index is 0.173. The van der Waals surface area contributed by atoms with E-state index in [-0.39, 0.29) is 24.0 Å². The average Bonchev–Trinajstić information content (AvgIpc) is 3.34. The molecule has 0 spiro atoms. The molecular weight excluding hydrogens is 350 g/mol. The van der Waals surface area contributed by atoms with Crippen molar-refractivity contribution >= 4 is 5.91 Å². The maximum Gasteiger partial charge on any atom is 0.222 e. The van der Waals surface area contributed by atoms with Gasteiger partial charge in [-0.15, -0.1) is 0 Å². The molecule has 2 fully saturated rings. The predicted molar refractivity (Wildman–Crippen MR) is 113 cm³/mol. The number of unbranched alkanes of at least 4 members (excludes halogenated alkanes) is 1. The molecule has 3 rings (SSSR count). The molecule has 4 nitrogen and oxygen atoms in total. The molecule has 2 N–H and O–H groups in total. The molecule has 0 unspecified atom stereocenters. The van der Waals surface area contributed by atoms with Gasteiger partial charge in [0.2, 0.25) is 5.91 Å². The van der Waals surface area contributed by atoms with E-state index in [0.29, 0.717) is 24.2 Å². The summed E-state index contributed by atoms with van der Waals surface area (Å²) in [5.74, 6) is 2.03. The first-order valence-electron chi connectivity index (χ1n) is 11.4. The van der Waals surface area contributed by atoms with E-state index in [2.05, 4.69) is 12.2 Å². The molecule has 3 aliphatic rings. The van der Waals surface area contributed by atoms with E-state index in [1.807, 2.05) is 20.2 Å². The first kappa shape index (κ1) is 21.6. The molecule has 5 atom stereocenters. The smallest absolute Gasteiger partial charge is 0.222 e. The third-order valence-electron chi connectivity index (χ3n) is 7.19. The van der Waals surface area contributed by atoms with Gasteiger partial charge in [0.05, 0.1) is 12.2 Å². The fourth-order valence-electron chi connectivity index (χ4n) is 5.57. The zero-order chi connectivity index (χ0) is 20.1. The van der Waals surface area contributed by atoms with Crippen LogP contribution in [0.5, 0.6) is 0 Å². The van der Waals surface area contributed by atoms with Crippen molar-refractivity contribution in [3.8, 4) is 0 Å². The maximum atomic E-state index is 11.7. The second-order valence-electron chi connectivity index (χ2n) is 9.57. The highest BCUT2D eigenvalue weighted by molar-refractivity contribution is 5.75. The van der Waals surface area contributed by atoms with E-state index < -0.39 is 0 Å². The maximum absolute atomic E-state index is 11.7. The molecule has 2 saturated carbocycles. The van der Waals surface area contributed by atoms with Crippen molar-refractivity contribution in [2.75, 3.05) is 14.1 Å². The number of carbonyl (C=O) groups excluding carboxylic acids is 1. The summed E-state index contributed by atoms with van der Waals surface area (Å²) in [6.45, 7) is 0. The Balaban J connectivity index is 1.43. The van der Waals surface area contributed by atoms with Crippen molar-refractivity contribution in [2.45, 2.75) is 82.8 Å². The Labute approximate surface area is 170 Å². The van der Waals surface area contributed by atoms with Gasteiger partial charge in [0.1, 0.15) is 0 Å². The molecule has 3 aliphatic carbocycles. The number of allylic oxidation sites excluding steroid dienone is 2. The van der Waals surface area contributed by atoms with Gasteiger partial charge in [-0.05, 0) is 56.3 Å². The van der Waals surface area contributed by atoms with Crippen molar-refractivity contribution in [3.05, 3.63) is 23.8 Å². The Morgan fingerprint density at radius 2 is 2.04 bits per heavy atom. The number of rotatable bonds is 9. The molecule has 28 heavy (non-hydrogen) atoms. The summed E-state index contributed by atoms with van der Waals surface area (Å²) in [6, 6.07) is 0.